The molecular formula is C26H46O5. The lowest BCUT2D eigenvalue weighted by atomic mass is 10.1. The highest BCUT2D eigenvalue weighted by Crippen LogP contribution is 2.10. The Bertz CT molecular complexity index is 454. The van der Waals surface area contributed by atoms with Gasteiger partial charge in [-0.25, -0.2) is 9.59 Å². The molecule has 0 bridgehead atoms. The van der Waals surface area contributed by atoms with E-state index in [1.807, 2.05) is 0 Å². The van der Waals surface area contributed by atoms with E-state index in [1.54, 1.807) is 13.8 Å². The summed E-state index contributed by atoms with van der Waals surface area (Å²) in [6, 6.07) is 0. The first-order valence-electron chi connectivity index (χ1n) is 12.2. The first-order valence-corrected chi connectivity index (χ1v) is 12.2. The molecule has 0 aromatic rings. The van der Waals surface area contributed by atoms with Crippen molar-refractivity contribution in [3.63, 3.8) is 0 Å². The summed E-state index contributed by atoms with van der Waals surface area (Å²) in [7, 11) is 0. The van der Waals surface area contributed by atoms with Crippen molar-refractivity contribution in [2.24, 2.45) is 0 Å². The Balaban J connectivity index is 3.12. The number of rotatable bonds is 22. The molecule has 0 unspecified atom stereocenters. The van der Waals surface area contributed by atoms with E-state index in [9.17, 15) is 9.59 Å². The fourth-order valence-corrected chi connectivity index (χ4v) is 3.06. The van der Waals surface area contributed by atoms with Crippen LogP contribution < -0.4 is 0 Å². The molecule has 0 N–H and O–H groups in total. The number of esters is 2. The Morgan fingerprint density at radius 1 is 0.484 bits per heavy atom. The molecule has 0 radical (unpaired) electrons. The van der Waals surface area contributed by atoms with E-state index in [0.717, 1.165) is 51.7 Å². The van der Waals surface area contributed by atoms with Gasteiger partial charge >= 0.3 is 11.9 Å². The zero-order valence-corrected chi connectivity index (χ0v) is 20.2. The monoisotopic (exact) mass is 438 g/mol. The summed E-state index contributed by atoms with van der Waals surface area (Å²) in [5.41, 5.74) is 0.935. The molecule has 0 rings (SSSR count). The lowest BCUT2D eigenvalue weighted by Crippen LogP contribution is -2.06. The van der Waals surface area contributed by atoms with E-state index in [2.05, 4.69) is 13.2 Å². The summed E-state index contributed by atoms with van der Waals surface area (Å²) in [4.78, 5) is 22.4. The highest BCUT2D eigenvalue weighted by molar-refractivity contribution is 5.87. The largest absolute Gasteiger partial charge is 0.462 e. The quantitative estimate of drug-likeness (QED) is 0.107. The number of ether oxygens (including phenoxy) is 3. The van der Waals surface area contributed by atoms with Crippen molar-refractivity contribution in [1.29, 1.82) is 0 Å². The summed E-state index contributed by atoms with van der Waals surface area (Å²) < 4.78 is 15.9. The summed E-state index contributed by atoms with van der Waals surface area (Å²) in [5.74, 6) is -0.563. The molecule has 0 fully saturated rings. The third kappa shape index (κ3) is 21.4. The Morgan fingerprint density at radius 2 is 0.742 bits per heavy atom. The highest BCUT2D eigenvalue weighted by Gasteiger charge is 2.02. The predicted octanol–water partition coefficient (Wildman–Crippen LogP) is 6.70. The summed E-state index contributed by atoms with van der Waals surface area (Å²) >= 11 is 0. The number of hydrogen-bond donors (Lipinski definition) is 0. The third-order valence-corrected chi connectivity index (χ3v) is 5.03. The van der Waals surface area contributed by atoms with Crippen molar-refractivity contribution in [2.45, 2.75) is 104 Å². The molecule has 0 aliphatic heterocycles. The van der Waals surface area contributed by atoms with Crippen molar-refractivity contribution >= 4 is 11.9 Å². The maximum atomic E-state index is 11.2. The summed E-state index contributed by atoms with van der Waals surface area (Å²) in [6.07, 6.45) is 16.2. The van der Waals surface area contributed by atoms with E-state index in [-0.39, 0.29) is 11.9 Å². The van der Waals surface area contributed by atoms with E-state index in [0.29, 0.717) is 24.4 Å². The average molecular weight is 439 g/mol. The SMILES string of the molecule is C=C(C)C(=O)OCCCCCCCCCOCCCCCCCCCOC(=O)C(=C)C. The van der Waals surface area contributed by atoms with Crippen LogP contribution in [0.3, 0.4) is 0 Å². The Kier molecular flexibility index (Phi) is 20.5. The van der Waals surface area contributed by atoms with Crippen molar-refractivity contribution in [1.82, 2.24) is 0 Å². The molecule has 0 aromatic heterocycles. The van der Waals surface area contributed by atoms with E-state index < -0.39 is 0 Å². The Hall–Kier alpha value is -1.62. The van der Waals surface area contributed by atoms with Crippen LogP contribution in [-0.2, 0) is 23.8 Å². The van der Waals surface area contributed by atoms with Crippen LogP contribution in [0, 0.1) is 0 Å². The van der Waals surface area contributed by atoms with Crippen LogP contribution >= 0.6 is 0 Å². The van der Waals surface area contributed by atoms with Gasteiger partial charge in [-0.15, -0.1) is 0 Å². The van der Waals surface area contributed by atoms with E-state index in [1.165, 1.54) is 51.4 Å². The predicted molar refractivity (Wildman–Crippen MR) is 127 cm³/mol. The van der Waals surface area contributed by atoms with Gasteiger partial charge in [0.15, 0.2) is 0 Å². The van der Waals surface area contributed by atoms with Gasteiger partial charge in [0.1, 0.15) is 0 Å². The fourth-order valence-electron chi connectivity index (χ4n) is 3.06. The molecule has 180 valence electrons. The molecule has 0 heterocycles. The van der Waals surface area contributed by atoms with Crippen LogP contribution in [0.4, 0.5) is 0 Å². The second-order valence-corrected chi connectivity index (χ2v) is 8.39. The maximum absolute atomic E-state index is 11.2. The van der Waals surface area contributed by atoms with Gasteiger partial charge in [-0.3, -0.25) is 0 Å². The van der Waals surface area contributed by atoms with Crippen LogP contribution in [0.2, 0.25) is 0 Å². The van der Waals surface area contributed by atoms with Gasteiger partial charge in [-0.1, -0.05) is 77.4 Å². The fraction of sp³-hybridized carbons (Fsp3) is 0.769. The van der Waals surface area contributed by atoms with Crippen LogP contribution in [0.5, 0.6) is 0 Å². The summed E-state index contributed by atoms with van der Waals surface area (Å²) in [5, 5.41) is 0. The molecule has 0 saturated heterocycles. The zero-order valence-electron chi connectivity index (χ0n) is 20.2. The lowest BCUT2D eigenvalue weighted by Gasteiger charge is -2.06. The molecule has 31 heavy (non-hydrogen) atoms. The lowest BCUT2D eigenvalue weighted by molar-refractivity contribution is -0.139. The van der Waals surface area contributed by atoms with Gasteiger partial charge in [0.05, 0.1) is 13.2 Å². The first-order chi connectivity index (χ1) is 14.9. The van der Waals surface area contributed by atoms with Crippen molar-refractivity contribution in [3.05, 3.63) is 24.3 Å². The molecule has 0 amide bonds. The van der Waals surface area contributed by atoms with Crippen molar-refractivity contribution < 1.29 is 23.8 Å². The standard InChI is InChI=1S/C26H46O5/c1-23(2)25(27)30-21-17-13-9-5-7-11-15-19-29-20-16-12-8-6-10-14-18-22-31-26(28)24(3)4/h1,3,5-22H2,2,4H3. The van der Waals surface area contributed by atoms with Gasteiger partial charge in [0.2, 0.25) is 0 Å². The van der Waals surface area contributed by atoms with Crippen molar-refractivity contribution in [3.8, 4) is 0 Å². The van der Waals surface area contributed by atoms with Crippen molar-refractivity contribution in [2.75, 3.05) is 26.4 Å². The second-order valence-electron chi connectivity index (χ2n) is 8.39. The van der Waals surface area contributed by atoms with Crippen LogP contribution in [0.1, 0.15) is 104 Å². The zero-order chi connectivity index (χ0) is 23.2. The molecule has 0 aliphatic carbocycles. The summed E-state index contributed by atoms with van der Waals surface area (Å²) in [6.45, 7) is 13.2. The van der Waals surface area contributed by atoms with Crippen LogP contribution in [0.15, 0.2) is 24.3 Å². The smallest absolute Gasteiger partial charge is 0.333 e. The molecule has 0 saturated carbocycles. The molecule has 0 aromatic carbocycles. The van der Waals surface area contributed by atoms with Gasteiger partial charge in [-0.05, 0) is 39.5 Å². The number of unbranched alkanes of at least 4 members (excludes halogenated alkanes) is 12. The minimum absolute atomic E-state index is 0.282. The van der Waals surface area contributed by atoms with Gasteiger partial charge in [0, 0.05) is 24.4 Å². The van der Waals surface area contributed by atoms with E-state index >= 15 is 0 Å². The Labute approximate surface area is 190 Å². The normalized spacial score (nSPS) is 10.6. The second kappa shape index (κ2) is 21.6. The third-order valence-electron chi connectivity index (χ3n) is 5.03. The number of carbonyl (C=O) groups excluding carboxylic acids is 2. The molecule has 0 atom stereocenters. The number of carbonyl (C=O) groups is 2. The van der Waals surface area contributed by atoms with Gasteiger partial charge < -0.3 is 14.2 Å². The average Bonchev–Trinajstić information content (AvgIpc) is 2.74. The van der Waals surface area contributed by atoms with Gasteiger partial charge in [0.25, 0.3) is 0 Å². The minimum Gasteiger partial charge on any atom is -0.462 e. The van der Waals surface area contributed by atoms with Crippen LogP contribution in [0.25, 0.3) is 0 Å². The topological polar surface area (TPSA) is 61.8 Å². The molecule has 0 aliphatic rings. The maximum Gasteiger partial charge on any atom is 0.333 e. The van der Waals surface area contributed by atoms with Gasteiger partial charge in [-0.2, -0.15) is 0 Å². The minimum atomic E-state index is -0.282. The molecule has 5 nitrogen and oxygen atoms in total. The molecule has 5 heteroatoms. The number of hydrogen-bond acceptors (Lipinski definition) is 5. The first kappa shape index (κ1) is 29.4. The van der Waals surface area contributed by atoms with Crippen LogP contribution in [-0.4, -0.2) is 38.4 Å². The molecular weight excluding hydrogens is 392 g/mol. The highest BCUT2D eigenvalue weighted by atomic mass is 16.5. The molecule has 0 spiro atoms. The Morgan fingerprint density at radius 3 is 1.03 bits per heavy atom. The van der Waals surface area contributed by atoms with E-state index in [4.69, 9.17) is 14.2 Å².